The van der Waals surface area contributed by atoms with Crippen LogP contribution < -0.4 is 4.74 Å². The second-order valence-electron chi connectivity index (χ2n) is 5.04. The molecule has 1 aromatic carbocycles. The fourth-order valence-electron chi connectivity index (χ4n) is 1.81. The molecule has 0 fully saturated rings. The summed E-state index contributed by atoms with van der Waals surface area (Å²) >= 11 is 11.9. The number of pyridine rings is 1. The summed E-state index contributed by atoms with van der Waals surface area (Å²) in [7, 11) is 0. The number of ether oxygens (including phenoxy) is 1. The normalized spacial score (nSPS) is 10.9. The summed E-state index contributed by atoms with van der Waals surface area (Å²) < 4.78 is 5.82. The van der Waals surface area contributed by atoms with Gasteiger partial charge in [-0.3, -0.25) is 0 Å². The average Bonchev–Trinajstić information content (AvgIpc) is 2.42. The van der Waals surface area contributed by atoms with Crippen molar-refractivity contribution < 1.29 is 4.74 Å². The van der Waals surface area contributed by atoms with E-state index in [1.807, 2.05) is 37.3 Å². The van der Waals surface area contributed by atoms with Crippen molar-refractivity contribution in [2.45, 2.75) is 32.6 Å². The Morgan fingerprint density at radius 1 is 1.20 bits per heavy atom. The molecule has 0 amide bonds. The molecule has 0 aliphatic rings. The summed E-state index contributed by atoms with van der Waals surface area (Å²) in [4.78, 5) is 4.51. The molecule has 1 aromatic heterocycles. The summed E-state index contributed by atoms with van der Waals surface area (Å²) in [5.41, 5.74) is 2.96. The lowest BCUT2D eigenvalue weighted by molar-refractivity contribution is 0.458. The lowest BCUT2D eigenvalue weighted by atomic mass is 10.1. The van der Waals surface area contributed by atoms with Gasteiger partial charge in [0.2, 0.25) is 5.88 Å². The van der Waals surface area contributed by atoms with Gasteiger partial charge in [0.05, 0.1) is 0 Å². The van der Waals surface area contributed by atoms with Crippen LogP contribution in [0.3, 0.4) is 0 Å². The third kappa shape index (κ3) is 3.65. The molecule has 0 aliphatic carbocycles. The first kappa shape index (κ1) is 15.1. The van der Waals surface area contributed by atoms with Gasteiger partial charge in [-0.15, -0.1) is 11.6 Å². The van der Waals surface area contributed by atoms with Crippen molar-refractivity contribution in [2.75, 3.05) is 0 Å². The highest BCUT2D eigenvalue weighted by atomic mass is 35.5. The fourth-order valence-corrected chi connectivity index (χ4v) is 2.08. The predicted molar refractivity (Wildman–Crippen MR) is 84.1 cm³/mol. The molecule has 2 aromatic rings. The van der Waals surface area contributed by atoms with E-state index < -0.39 is 0 Å². The standard InChI is InChI=1S/C16H17Cl2NO/c1-10(2)15-7-12(9-17)8-16(19-15)20-13-4-5-14(18)11(3)6-13/h4-8,10H,9H2,1-3H3. The minimum Gasteiger partial charge on any atom is -0.439 e. The number of aromatic nitrogens is 1. The molecule has 0 saturated carbocycles. The Bertz CT molecular complexity index is 611. The Hall–Kier alpha value is -1.25. The second-order valence-corrected chi connectivity index (χ2v) is 5.71. The Labute approximate surface area is 129 Å². The van der Waals surface area contributed by atoms with Gasteiger partial charge in [-0.2, -0.15) is 0 Å². The van der Waals surface area contributed by atoms with E-state index in [0.29, 0.717) is 17.7 Å². The Balaban J connectivity index is 2.32. The maximum atomic E-state index is 6.01. The van der Waals surface area contributed by atoms with Gasteiger partial charge in [-0.1, -0.05) is 25.4 Å². The average molecular weight is 310 g/mol. The minimum atomic E-state index is 0.326. The largest absolute Gasteiger partial charge is 0.439 e. The molecule has 0 bridgehead atoms. The molecule has 2 nitrogen and oxygen atoms in total. The smallest absolute Gasteiger partial charge is 0.219 e. The number of hydrogen-bond acceptors (Lipinski definition) is 2. The Kier molecular flexibility index (Phi) is 4.90. The van der Waals surface area contributed by atoms with Crippen molar-refractivity contribution >= 4 is 23.2 Å². The van der Waals surface area contributed by atoms with E-state index in [9.17, 15) is 0 Å². The molecule has 20 heavy (non-hydrogen) atoms. The van der Waals surface area contributed by atoms with Crippen LogP contribution in [-0.2, 0) is 5.88 Å². The van der Waals surface area contributed by atoms with Crippen molar-refractivity contribution in [2.24, 2.45) is 0 Å². The number of nitrogens with zero attached hydrogens (tertiary/aromatic N) is 1. The molecule has 0 radical (unpaired) electrons. The monoisotopic (exact) mass is 309 g/mol. The summed E-state index contributed by atoms with van der Waals surface area (Å²) in [6.45, 7) is 6.13. The van der Waals surface area contributed by atoms with Gasteiger partial charge in [0, 0.05) is 22.7 Å². The van der Waals surface area contributed by atoms with Gasteiger partial charge in [-0.25, -0.2) is 4.98 Å². The molecule has 0 N–H and O–H groups in total. The highest BCUT2D eigenvalue weighted by Gasteiger charge is 2.08. The number of benzene rings is 1. The van der Waals surface area contributed by atoms with E-state index in [0.717, 1.165) is 27.6 Å². The van der Waals surface area contributed by atoms with E-state index in [-0.39, 0.29) is 0 Å². The molecule has 0 saturated heterocycles. The van der Waals surface area contributed by atoms with Crippen LogP contribution in [0.25, 0.3) is 0 Å². The number of hydrogen-bond donors (Lipinski definition) is 0. The molecule has 1 heterocycles. The van der Waals surface area contributed by atoms with Crippen LogP contribution in [0.4, 0.5) is 0 Å². The molecule has 4 heteroatoms. The van der Waals surface area contributed by atoms with Gasteiger partial charge >= 0.3 is 0 Å². The molecule has 2 rings (SSSR count). The van der Waals surface area contributed by atoms with E-state index in [4.69, 9.17) is 27.9 Å². The summed E-state index contributed by atoms with van der Waals surface area (Å²) in [6, 6.07) is 9.42. The zero-order valence-electron chi connectivity index (χ0n) is 11.8. The van der Waals surface area contributed by atoms with Crippen LogP contribution in [0.5, 0.6) is 11.6 Å². The van der Waals surface area contributed by atoms with Crippen LogP contribution >= 0.6 is 23.2 Å². The van der Waals surface area contributed by atoms with Gasteiger partial charge in [0.1, 0.15) is 5.75 Å². The second kappa shape index (κ2) is 6.47. The predicted octanol–water partition coefficient (Wildman–Crippen LogP) is 5.70. The zero-order chi connectivity index (χ0) is 14.7. The number of rotatable bonds is 4. The van der Waals surface area contributed by atoms with Crippen molar-refractivity contribution in [3.63, 3.8) is 0 Å². The summed E-state index contributed by atoms with van der Waals surface area (Å²) in [6.07, 6.45) is 0. The van der Waals surface area contributed by atoms with Crippen LogP contribution in [0.1, 0.15) is 36.6 Å². The third-order valence-electron chi connectivity index (χ3n) is 2.98. The quantitative estimate of drug-likeness (QED) is 0.676. The fraction of sp³-hybridized carbons (Fsp3) is 0.312. The zero-order valence-corrected chi connectivity index (χ0v) is 13.3. The lowest BCUT2D eigenvalue weighted by Gasteiger charge is -2.11. The molecule has 0 atom stereocenters. The molecule has 0 unspecified atom stereocenters. The summed E-state index contributed by atoms with van der Waals surface area (Å²) in [5.74, 6) is 2.06. The Morgan fingerprint density at radius 3 is 2.55 bits per heavy atom. The Morgan fingerprint density at radius 2 is 1.95 bits per heavy atom. The van der Waals surface area contributed by atoms with Crippen LogP contribution in [0.2, 0.25) is 5.02 Å². The lowest BCUT2D eigenvalue weighted by Crippen LogP contribution is -1.98. The van der Waals surface area contributed by atoms with Crippen molar-refractivity contribution in [1.82, 2.24) is 4.98 Å². The first-order valence-electron chi connectivity index (χ1n) is 6.50. The van der Waals surface area contributed by atoms with E-state index in [1.165, 1.54) is 0 Å². The van der Waals surface area contributed by atoms with Crippen LogP contribution in [0, 0.1) is 6.92 Å². The number of aryl methyl sites for hydroxylation is 1. The highest BCUT2D eigenvalue weighted by Crippen LogP contribution is 2.27. The first-order valence-corrected chi connectivity index (χ1v) is 7.41. The maximum Gasteiger partial charge on any atom is 0.219 e. The van der Waals surface area contributed by atoms with E-state index in [2.05, 4.69) is 18.8 Å². The van der Waals surface area contributed by atoms with Gasteiger partial charge in [-0.05, 0) is 48.2 Å². The van der Waals surface area contributed by atoms with Crippen molar-refractivity contribution in [1.29, 1.82) is 0 Å². The minimum absolute atomic E-state index is 0.326. The van der Waals surface area contributed by atoms with E-state index >= 15 is 0 Å². The van der Waals surface area contributed by atoms with Gasteiger partial charge < -0.3 is 4.74 Å². The highest BCUT2D eigenvalue weighted by molar-refractivity contribution is 6.31. The number of halogens is 2. The van der Waals surface area contributed by atoms with Crippen molar-refractivity contribution in [3.05, 3.63) is 52.2 Å². The van der Waals surface area contributed by atoms with Crippen LogP contribution in [0.15, 0.2) is 30.3 Å². The molecular weight excluding hydrogens is 293 g/mol. The SMILES string of the molecule is Cc1cc(Oc2cc(CCl)cc(C(C)C)n2)ccc1Cl. The maximum absolute atomic E-state index is 6.01. The summed E-state index contributed by atoms with van der Waals surface area (Å²) in [5, 5.41) is 0.725. The molecule has 106 valence electrons. The molecule has 0 spiro atoms. The first-order chi connectivity index (χ1) is 9.49. The topological polar surface area (TPSA) is 22.1 Å². The number of alkyl halides is 1. The van der Waals surface area contributed by atoms with Gasteiger partial charge in [0.25, 0.3) is 0 Å². The van der Waals surface area contributed by atoms with Crippen LogP contribution in [-0.4, -0.2) is 4.98 Å². The molecule has 0 aliphatic heterocycles. The van der Waals surface area contributed by atoms with E-state index in [1.54, 1.807) is 0 Å². The van der Waals surface area contributed by atoms with Gasteiger partial charge in [0.15, 0.2) is 0 Å². The van der Waals surface area contributed by atoms with Crippen molar-refractivity contribution in [3.8, 4) is 11.6 Å². The molecular formula is C16H17Cl2NO. The third-order valence-corrected chi connectivity index (χ3v) is 3.71.